The summed E-state index contributed by atoms with van der Waals surface area (Å²) >= 11 is 0. The first-order valence-electron chi connectivity index (χ1n) is 5.87. The summed E-state index contributed by atoms with van der Waals surface area (Å²) in [5.41, 5.74) is 13.9. The molecule has 2 rings (SSSR count). The molecule has 1 aliphatic rings. The minimum absolute atomic E-state index is 0.246. The van der Waals surface area contributed by atoms with Crippen molar-refractivity contribution in [3.05, 3.63) is 40.5 Å². The van der Waals surface area contributed by atoms with Gasteiger partial charge < -0.3 is 20.7 Å². The predicted molar refractivity (Wildman–Crippen MR) is 65.1 cm³/mol. The molecule has 0 radical (unpaired) electrons. The topological polar surface area (TPSA) is 145 Å². The highest BCUT2D eigenvalue weighted by atomic mass is 16.5. The summed E-state index contributed by atoms with van der Waals surface area (Å²) in [5.74, 6) is -0.614. The number of nitrogens with two attached hydrogens (primary N) is 1. The van der Waals surface area contributed by atoms with Crippen LogP contribution in [0, 0.1) is 0 Å². The maximum Gasteiger partial charge on any atom is 0.289 e. The highest BCUT2D eigenvalue weighted by molar-refractivity contribution is 5.92. The number of pyridine rings is 1. The van der Waals surface area contributed by atoms with Crippen molar-refractivity contribution in [1.82, 2.24) is 0 Å². The third kappa shape index (κ3) is 2.56. The number of hydrogen-bond donors (Lipinski definition) is 3. The Bertz CT molecular complexity index is 559. The molecule has 1 aliphatic heterocycles. The van der Waals surface area contributed by atoms with Crippen LogP contribution in [0.2, 0.25) is 0 Å². The second-order valence-electron chi connectivity index (χ2n) is 4.34. The molecule has 1 aromatic rings. The summed E-state index contributed by atoms with van der Waals surface area (Å²) in [7, 11) is 0. The van der Waals surface area contributed by atoms with Crippen LogP contribution < -0.4 is 10.3 Å². The summed E-state index contributed by atoms with van der Waals surface area (Å²) < 4.78 is 6.90. The van der Waals surface area contributed by atoms with Crippen molar-refractivity contribution in [3.63, 3.8) is 0 Å². The lowest BCUT2D eigenvalue weighted by Crippen LogP contribution is -2.46. The van der Waals surface area contributed by atoms with Gasteiger partial charge in [-0.2, -0.15) is 4.57 Å². The molecule has 2 heterocycles. The van der Waals surface area contributed by atoms with E-state index < -0.39 is 37.0 Å². The number of nitrogens with zero attached hydrogens (tertiary/aromatic N) is 4. The van der Waals surface area contributed by atoms with Crippen LogP contribution in [0.5, 0.6) is 0 Å². The Morgan fingerprint density at radius 1 is 1.65 bits per heavy atom. The molecule has 1 fully saturated rings. The van der Waals surface area contributed by atoms with E-state index in [2.05, 4.69) is 10.0 Å². The van der Waals surface area contributed by atoms with E-state index in [4.69, 9.17) is 16.0 Å². The number of primary amides is 1. The Hall–Kier alpha value is -2.19. The summed E-state index contributed by atoms with van der Waals surface area (Å²) in [6, 6.07) is 2.19. The number of rotatable bonds is 4. The Kier molecular flexibility index (Phi) is 4.16. The lowest BCUT2D eigenvalue weighted by molar-refractivity contribution is -0.765. The van der Waals surface area contributed by atoms with Gasteiger partial charge >= 0.3 is 0 Å². The standard InChI is InChI=1S/C11H13N5O4/c12-10(19)6-2-1-3-16(4-6)11-9(18)8(14-15-13)7(5-17)20-11/h1-4,7-9,11,17-18H,5H2,(H-,12,19)/p+1/t7-,8?,9-,11-/m1/s1. The zero-order valence-corrected chi connectivity index (χ0v) is 10.4. The zero-order valence-electron chi connectivity index (χ0n) is 10.4. The van der Waals surface area contributed by atoms with Gasteiger partial charge in [0.1, 0.15) is 11.6 Å². The van der Waals surface area contributed by atoms with Crippen LogP contribution in [-0.4, -0.2) is 41.0 Å². The first-order chi connectivity index (χ1) is 9.58. The minimum atomic E-state index is -1.14. The fourth-order valence-electron chi connectivity index (χ4n) is 2.13. The number of hydrogen-bond acceptors (Lipinski definition) is 5. The number of carbonyl (C=O) groups excluding carboxylic acids is 1. The lowest BCUT2D eigenvalue weighted by atomic mass is 10.1. The van der Waals surface area contributed by atoms with E-state index in [-0.39, 0.29) is 5.56 Å². The molecule has 1 saturated heterocycles. The molecule has 4 N–H and O–H groups in total. The van der Waals surface area contributed by atoms with E-state index in [1.165, 1.54) is 16.8 Å². The van der Waals surface area contributed by atoms with E-state index in [9.17, 15) is 15.0 Å². The maximum atomic E-state index is 11.1. The molecular formula is C11H14N5O4+. The molecule has 0 bridgehead atoms. The quantitative estimate of drug-likeness (QED) is 0.281. The third-order valence-electron chi connectivity index (χ3n) is 3.10. The molecule has 1 unspecified atom stereocenters. The zero-order chi connectivity index (χ0) is 14.7. The number of aromatic nitrogens is 1. The normalized spacial score (nSPS) is 28.9. The molecule has 0 aromatic carbocycles. The van der Waals surface area contributed by atoms with Gasteiger partial charge in [0, 0.05) is 11.0 Å². The number of azide groups is 1. The number of aliphatic hydroxyl groups is 2. The Morgan fingerprint density at radius 2 is 2.40 bits per heavy atom. The fraction of sp³-hybridized carbons (Fsp3) is 0.455. The van der Waals surface area contributed by atoms with Gasteiger partial charge in [0.15, 0.2) is 18.5 Å². The number of aliphatic hydroxyl groups excluding tert-OH is 2. The summed E-state index contributed by atoms with van der Waals surface area (Å²) in [5, 5.41) is 22.7. The van der Waals surface area contributed by atoms with Crippen molar-refractivity contribution in [2.75, 3.05) is 6.61 Å². The van der Waals surface area contributed by atoms with Crippen molar-refractivity contribution >= 4 is 5.91 Å². The summed E-state index contributed by atoms with van der Waals surface area (Å²) in [6.45, 7) is -0.396. The van der Waals surface area contributed by atoms with Gasteiger partial charge in [0.25, 0.3) is 12.1 Å². The number of carbonyl (C=O) groups is 1. The Morgan fingerprint density at radius 3 is 3.00 bits per heavy atom. The minimum Gasteiger partial charge on any atom is -0.394 e. The molecule has 4 atom stereocenters. The van der Waals surface area contributed by atoms with Crippen LogP contribution in [0.1, 0.15) is 16.6 Å². The highest BCUT2D eigenvalue weighted by Gasteiger charge is 2.48. The van der Waals surface area contributed by atoms with Crippen LogP contribution in [0.25, 0.3) is 10.4 Å². The number of amides is 1. The SMILES string of the molecule is [N-]=[N+]=NC1[C@@H](O)[C@H]([n+]2cccc(C(N)=O)c2)O[C@@H]1CO. The molecule has 0 aliphatic carbocycles. The molecule has 9 nitrogen and oxygen atoms in total. The van der Waals surface area contributed by atoms with E-state index in [0.29, 0.717) is 0 Å². The van der Waals surface area contributed by atoms with Crippen molar-refractivity contribution in [3.8, 4) is 0 Å². The van der Waals surface area contributed by atoms with Crippen LogP contribution in [0.4, 0.5) is 0 Å². The average Bonchev–Trinajstić information content (AvgIpc) is 2.76. The predicted octanol–water partition coefficient (Wildman–Crippen LogP) is -0.997. The smallest absolute Gasteiger partial charge is 0.289 e. The average molecular weight is 280 g/mol. The van der Waals surface area contributed by atoms with Gasteiger partial charge in [-0.15, -0.1) is 0 Å². The number of ether oxygens (including phenoxy) is 1. The van der Waals surface area contributed by atoms with E-state index in [1.807, 2.05) is 0 Å². The Labute approximate surface area is 113 Å². The molecule has 0 saturated carbocycles. The second-order valence-corrected chi connectivity index (χ2v) is 4.34. The van der Waals surface area contributed by atoms with E-state index in [1.54, 1.807) is 12.3 Å². The van der Waals surface area contributed by atoms with Gasteiger partial charge in [-0.3, -0.25) is 4.79 Å². The van der Waals surface area contributed by atoms with Crippen molar-refractivity contribution in [1.29, 1.82) is 0 Å². The summed E-state index contributed by atoms with van der Waals surface area (Å²) in [4.78, 5) is 13.8. The van der Waals surface area contributed by atoms with Crippen LogP contribution in [0.15, 0.2) is 29.6 Å². The fourth-order valence-corrected chi connectivity index (χ4v) is 2.13. The first-order valence-corrected chi connectivity index (χ1v) is 5.87. The molecule has 0 spiro atoms. The molecule has 20 heavy (non-hydrogen) atoms. The third-order valence-corrected chi connectivity index (χ3v) is 3.10. The van der Waals surface area contributed by atoms with Crippen LogP contribution in [0.3, 0.4) is 0 Å². The van der Waals surface area contributed by atoms with E-state index in [0.717, 1.165) is 0 Å². The molecule has 1 aromatic heterocycles. The first kappa shape index (κ1) is 14.2. The van der Waals surface area contributed by atoms with E-state index >= 15 is 0 Å². The van der Waals surface area contributed by atoms with Gasteiger partial charge in [0.05, 0.1) is 12.7 Å². The van der Waals surface area contributed by atoms with Crippen LogP contribution >= 0.6 is 0 Å². The van der Waals surface area contributed by atoms with Gasteiger partial charge in [-0.1, -0.05) is 5.11 Å². The maximum absolute atomic E-state index is 11.1. The molecule has 106 valence electrons. The summed E-state index contributed by atoms with van der Waals surface area (Å²) in [6.07, 6.45) is 0.171. The van der Waals surface area contributed by atoms with Gasteiger partial charge in [0.2, 0.25) is 0 Å². The second kappa shape index (κ2) is 5.85. The van der Waals surface area contributed by atoms with Crippen LogP contribution in [-0.2, 0) is 4.74 Å². The van der Waals surface area contributed by atoms with Gasteiger partial charge in [-0.25, -0.2) is 0 Å². The van der Waals surface area contributed by atoms with Crippen molar-refractivity contribution in [2.24, 2.45) is 10.8 Å². The molecule has 1 amide bonds. The molecular weight excluding hydrogens is 266 g/mol. The van der Waals surface area contributed by atoms with Gasteiger partial charge in [-0.05, 0) is 11.6 Å². The lowest BCUT2D eigenvalue weighted by Gasteiger charge is -2.10. The Balaban J connectivity index is 2.31. The largest absolute Gasteiger partial charge is 0.394 e. The molecule has 9 heteroatoms. The van der Waals surface area contributed by atoms with Crippen molar-refractivity contribution < 1.29 is 24.3 Å². The van der Waals surface area contributed by atoms with Crippen molar-refractivity contribution in [2.45, 2.75) is 24.5 Å². The highest BCUT2D eigenvalue weighted by Crippen LogP contribution is 2.27. The monoisotopic (exact) mass is 280 g/mol.